The van der Waals surface area contributed by atoms with Gasteiger partial charge in [-0.2, -0.15) is 13.2 Å². The van der Waals surface area contributed by atoms with Gasteiger partial charge in [0.1, 0.15) is 5.82 Å². The molecule has 0 aliphatic carbocycles. The zero-order valence-electron chi connectivity index (χ0n) is 11.3. The maximum Gasteiger partial charge on any atom is 0.419 e. The Morgan fingerprint density at radius 3 is 2.75 bits per heavy atom. The van der Waals surface area contributed by atoms with Crippen molar-refractivity contribution in [2.45, 2.75) is 31.6 Å². The average molecular weight is 290 g/mol. The van der Waals surface area contributed by atoms with E-state index in [1.807, 2.05) is 7.05 Å². The average Bonchev–Trinajstić information content (AvgIpc) is 2.78. The summed E-state index contributed by atoms with van der Waals surface area (Å²) in [4.78, 5) is 2.14. The maximum absolute atomic E-state index is 13.2. The molecule has 0 amide bonds. The number of alkyl halides is 3. The molecule has 1 atom stereocenters. The minimum absolute atomic E-state index is 0.333. The number of halogens is 4. The molecule has 0 saturated carbocycles. The second-order valence-corrected chi connectivity index (χ2v) is 5.14. The van der Waals surface area contributed by atoms with Crippen molar-refractivity contribution < 1.29 is 17.6 Å². The van der Waals surface area contributed by atoms with Gasteiger partial charge in [0.2, 0.25) is 0 Å². The third-order valence-corrected chi connectivity index (χ3v) is 3.66. The van der Waals surface area contributed by atoms with E-state index >= 15 is 0 Å². The highest BCUT2D eigenvalue weighted by molar-refractivity contribution is 5.27. The van der Waals surface area contributed by atoms with Crippen LogP contribution >= 0.6 is 0 Å². The van der Waals surface area contributed by atoms with Crippen LogP contribution < -0.4 is 5.32 Å². The van der Waals surface area contributed by atoms with Crippen LogP contribution in [0.5, 0.6) is 0 Å². The molecule has 6 heteroatoms. The summed E-state index contributed by atoms with van der Waals surface area (Å²) in [7, 11) is 1.86. The van der Waals surface area contributed by atoms with Crippen molar-refractivity contribution >= 4 is 0 Å². The van der Waals surface area contributed by atoms with Crippen LogP contribution in [0.3, 0.4) is 0 Å². The zero-order valence-corrected chi connectivity index (χ0v) is 11.3. The molecule has 1 aliphatic heterocycles. The first-order valence-electron chi connectivity index (χ1n) is 6.66. The van der Waals surface area contributed by atoms with Gasteiger partial charge in [-0.3, -0.25) is 4.90 Å². The number of nitrogens with one attached hydrogen (secondary N) is 1. The van der Waals surface area contributed by atoms with Crippen molar-refractivity contribution in [2.24, 2.45) is 0 Å². The quantitative estimate of drug-likeness (QED) is 0.858. The molecule has 0 bridgehead atoms. The molecule has 0 aromatic heterocycles. The van der Waals surface area contributed by atoms with Gasteiger partial charge in [0, 0.05) is 19.1 Å². The van der Waals surface area contributed by atoms with Gasteiger partial charge in [-0.25, -0.2) is 4.39 Å². The van der Waals surface area contributed by atoms with Crippen LogP contribution in [0.1, 0.15) is 24.0 Å². The summed E-state index contributed by atoms with van der Waals surface area (Å²) in [5.74, 6) is -1.21. The molecule has 1 N–H and O–H groups in total. The molecule has 0 spiro atoms. The number of rotatable bonds is 4. The molecule has 1 unspecified atom stereocenters. The van der Waals surface area contributed by atoms with E-state index < -0.39 is 17.6 Å². The van der Waals surface area contributed by atoms with Gasteiger partial charge in [0.05, 0.1) is 5.56 Å². The second kappa shape index (κ2) is 6.10. The minimum atomic E-state index is -4.64. The van der Waals surface area contributed by atoms with Crippen molar-refractivity contribution in [1.29, 1.82) is 0 Å². The predicted molar refractivity (Wildman–Crippen MR) is 68.8 cm³/mol. The summed E-state index contributed by atoms with van der Waals surface area (Å²) in [6, 6.07) is 3.59. The molecule has 112 valence electrons. The molecule has 2 nitrogen and oxygen atoms in total. The summed E-state index contributed by atoms with van der Waals surface area (Å²) in [5.41, 5.74) is -0.680. The zero-order chi connectivity index (χ0) is 14.8. The minimum Gasteiger partial charge on any atom is -0.318 e. The van der Waals surface area contributed by atoms with Gasteiger partial charge in [-0.1, -0.05) is 6.07 Å². The SMILES string of the molecule is CNCC1CCCN1Cc1ccc(F)c(C(F)(F)F)c1. The van der Waals surface area contributed by atoms with Gasteiger partial charge in [0.15, 0.2) is 0 Å². The highest BCUT2D eigenvalue weighted by atomic mass is 19.4. The third-order valence-electron chi connectivity index (χ3n) is 3.66. The van der Waals surface area contributed by atoms with Crippen LogP contribution in [0.15, 0.2) is 18.2 Å². The van der Waals surface area contributed by atoms with Crippen LogP contribution in [0.25, 0.3) is 0 Å². The number of nitrogens with zero attached hydrogens (tertiary/aromatic N) is 1. The monoisotopic (exact) mass is 290 g/mol. The van der Waals surface area contributed by atoms with Crippen molar-refractivity contribution in [3.8, 4) is 0 Å². The molecular weight excluding hydrogens is 272 g/mol. The Labute approximate surface area is 115 Å². The highest BCUT2D eigenvalue weighted by Crippen LogP contribution is 2.32. The van der Waals surface area contributed by atoms with E-state index in [4.69, 9.17) is 0 Å². The lowest BCUT2D eigenvalue weighted by atomic mass is 10.1. The van der Waals surface area contributed by atoms with Crippen LogP contribution in [-0.2, 0) is 12.7 Å². The molecule has 1 aromatic rings. The summed E-state index contributed by atoms with van der Waals surface area (Å²) in [6.07, 6.45) is -2.57. The van der Waals surface area contributed by atoms with E-state index in [-0.39, 0.29) is 0 Å². The summed E-state index contributed by atoms with van der Waals surface area (Å²) in [5, 5.41) is 3.09. The molecule has 0 radical (unpaired) electrons. The van der Waals surface area contributed by atoms with Crippen molar-refractivity contribution in [3.05, 3.63) is 35.1 Å². The molecule has 2 rings (SSSR count). The van der Waals surface area contributed by atoms with E-state index in [0.29, 0.717) is 18.2 Å². The number of hydrogen-bond acceptors (Lipinski definition) is 2. The van der Waals surface area contributed by atoms with Gasteiger partial charge in [0.25, 0.3) is 0 Å². The van der Waals surface area contributed by atoms with Gasteiger partial charge < -0.3 is 5.32 Å². The fraction of sp³-hybridized carbons (Fsp3) is 0.571. The number of benzene rings is 1. The van der Waals surface area contributed by atoms with E-state index in [2.05, 4.69) is 10.2 Å². The largest absolute Gasteiger partial charge is 0.419 e. The van der Waals surface area contributed by atoms with E-state index in [1.54, 1.807) is 0 Å². The maximum atomic E-state index is 13.2. The van der Waals surface area contributed by atoms with E-state index in [1.165, 1.54) is 6.07 Å². The Bertz CT molecular complexity index is 459. The van der Waals surface area contributed by atoms with Crippen LogP contribution in [0.4, 0.5) is 17.6 Å². The fourth-order valence-electron chi connectivity index (χ4n) is 2.69. The lowest BCUT2D eigenvalue weighted by Crippen LogP contribution is -2.36. The molecule has 20 heavy (non-hydrogen) atoms. The molecule has 1 heterocycles. The summed E-state index contributed by atoms with van der Waals surface area (Å²) in [6.45, 7) is 2.11. The Morgan fingerprint density at radius 2 is 2.10 bits per heavy atom. The van der Waals surface area contributed by atoms with Crippen molar-refractivity contribution in [2.75, 3.05) is 20.1 Å². The molecule has 1 aliphatic rings. The van der Waals surface area contributed by atoms with Gasteiger partial charge in [-0.05, 0) is 44.1 Å². The van der Waals surface area contributed by atoms with Crippen LogP contribution in [0.2, 0.25) is 0 Å². The molecular formula is C14H18F4N2. The van der Waals surface area contributed by atoms with Crippen LogP contribution in [-0.4, -0.2) is 31.1 Å². The Hall–Kier alpha value is -1.14. The lowest BCUT2D eigenvalue weighted by molar-refractivity contribution is -0.140. The second-order valence-electron chi connectivity index (χ2n) is 5.14. The van der Waals surface area contributed by atoms with Gasteiger partial charge in [-0.15, -0.1) is 0 Å². The summed E-state index contributed by atoms with van der Waals surface area (Å²) >= 11 is 0. The molecule has 1 fully saturated rings. The Kier molecular flexibility index (Phi) is 4.65. The van der Waals surface area contributed by atoms with Crippen molar-refractivity contribution in [1.82, 2.24) is 10.2 Å². The predicted octanol–water partition coefficient (Wildman–Crippen LogP) is 3.03. The first kappa shape index (κ1) is 15.3. The fourth-order valence-corrected chi connectivity index (χ4v) is 2.69. The normalized spacial score (nSPS) is 20.6. The Balaban J connectivity index is 2.14. The third kappa shape index (κ3) is 3.49. The highest BCUT2D eigenvalue weighted by Gasteiger charge is 2.34. The first-order chi connectivity index (χ1) is 9.41. The standard InChI is InChI=1S/C14H18F4N2/c1-19-8-11-3-2-6-20(11)9-10-4-5-13(15)12(7-10)14(16,17)18/h4-5,7,11,19H,2-3,6,8-9H2,1H3. The van der Waals surface area contributed by atoms with Crippen molar-refractivity contribution in [3.63, 3.8) is 0 Å². The first-order valence-corrected chi connectivity index (χ1v) is 6.66. The number of likely N-dealkylation sites (tertiary alicyclic amines) is 1. The van der Waals surface area contributed by atoms with E-state index in [9.17, 15) is 17.6 Å². The smallest absolute Gasteiger partial charge is 0.318 e. The summed E-state index contributed by atoms with van der Waals surface area (Å²) < 4.78 is 51.3. The Morgan fingerprint density at radius 1 is 1.35 bits per heavy atom. The molecule has 1 aromatic carbocycles. The number of likely N-dealkylation sites (N-methyl/N-ethyl adjacent to an activating group) is 1. The lowest BCUT2D eigenvalue weighted by Gasteiger charge is -2.24. The van der Waals surface area contributed by atoms with E-state index in [0.717, 1.165) is 38.1 Å². The van der Waals surface area contributed by atoms with Gasteiger partial charge >= 0.3 is 6.18 Å². The molecule has 1 saturated heterocycles. The van der Waals surface area contributed by atoms with Crippen LogP contribution in [0, 0.1) is 5.82 Å². The number of hydrogen-bond donors (Lipinski definition) is 1. The topological polar surface area (TPSA) is 15.3 Å².